The van der Waals surface area contributed by atoms with E-state index in [0.29, 0.717) is 11.7 Å². The number of thioether (sulfide) groups is 1. The van der Waals surface area contributed by atoms with Gasteiger partial charge in [0.15, 0.2) is 17.1 Å². The van der Waals surface area contributed by atoms with E-state index in [4.69, 9.17) is 4.74 Å². The van der Waals surface area contributed by atoms with Crippen LogP contribution in [0.25, 0.3) is 0 Å². The molecule has 31 heavy (non-hydrogen) atoms. The molecule has 0 saturated carbocycles. The third kappa shape index (κ3) is 5.88. The smallest absolute Gasteiger partial charge is 0.234 e. The fourth-order valence-electron chi connectivity index (χ4n) is 3.33. The quantitative estimate of drug-likeness (QED) is 0.435. The fraction of sp³-hybridized carbons (Fsp3) is 0.375. The lowest BCUT2D eigenvalue weighted by molar-refractivity contribution is -0.113. The van der Waals surface area contributed by atoms with Crippen LogP contribution in [0.4, 0.5) is 5.69 Å². The number of rotatable bonds is 10. The Hall–Kier alpha value is -2.80. The summed E-state index contributed by atoms with van der Waals surface area (Å²) in [5, 5.41) is 12.4. The summed E-state index contributed by atoms with van der Waals surface area (Å²) >= 11 is 1.38. The third-order valence-corrected chi connectivity index (χ3v) is 6.04. The molecule has 3 rings (SSSR count). The number of amides is 1. The van der Waals surface area contributed by atoms with E-state index in [-0.39, 0.29) is 17.8 Å². The first-order chi connectivity index (χ1) is 15.0. The molecule has 1 amide bonds. The first-order valence-corrected chi connectivity index (χ1v) is 11.7. The van der Waals surface area contributed by atoms with Crippen molar-refractivity contribution in [3.8, 4) is 5.75 Å². The van der Waals surface area contributed by atoms with Crippen molar-refractivity contribution in [1.82, 2.24) is 14.8 Å². The van der Waals surface area contributed by atoms with Gasteiger partial charge in [-0.15, -0.1) is 10.2 Å². The van der Waals surface area contributed by atoms with Gasteiger partial charge >= 0.3 is 0 Å². The Morgan fingerprint density at radius 1 is 1.06 bits per heavy atom. The molecule has 0 saturated heterocycles. The molecule has 1 atom stereocenters. The molecule has 1 aromatic heterocycles. The van der Waals surface area contributed by atoms with Crippen LogP contribution < -0.4 is 10.1 Å². The lowest BCUT2D eigenvalue weighted by Gasteiger charge is -2.16. The van der Waals surface area contributed by atoms with Crippen LogP contribution in [-0.4, -0.2) is 26.4 Å². The van der Waals surface area contributed by atoms with Gasteiger partial charge in [-0.25, -0.2) is 0 Å². The van der Waals surface area contributed by atoms with E-state index in [1.165, 1.54) is 17.3 Å². The molecule has 1 N–H and O–H groups in total. The fourth-order valence-corrected chi connectivity index (χ4v) is 4.14. The maximum atomic E-state index is 12.5. The Labute approximate surface area is 188 Å². The third-order valence-electron chi connectivity index (χ3n) is 5.07. The average molecular weight is 439 g/mol. The van der Waals surface area contributed by atoms with Crippen molar-refractivity contribution >= 4 is 23.4 Å². The summed E-state index contributed by atoms with van der Waals surface area (Å²) in [6.07, 6.45) is 1.62. The van der Waals surface area contributed by atoms with Crippen LogP contribution in [0.3, 0.4) is 0 Å². The maximum absolute atomic E-state index is 12.5. The molecule has 0 aliphatic carbocycles. The first-order valence-electron chi connectivity index (χ1n) is 10.7. The van der Waals surface area contributed by atoms with Gasteiger partial charge in [-0.3, -0.25) is 4.79 Å². The number of benzene rings is 2. The van der Waals surface area contributed by atoms with Gasteiger partial charge in [-0.2, -0.15) is 0 Å². The highest BCUT2D eigenvalue weighted by Gasteiger charge is 2.19. The van der Waals surface area contributed by atoms with E-state index in [9.17, 15) is 4.79 Å². The Balaban J connectivity index is 1.63. The van der Waals surface area contributed by atoms with Gasteiger partial charge in [-0.1, -0.05) is 55.9 Å². The van der Waals surface area contributed by atoms with Crippen LogP contribution in [0.15, 0.2) is 53.7 Å². The number of hydrogen-bond donors (Lipinski definition) is 1. The molecule has 0 aliphatic heterocycles. The molecule has 0 aliphatic rings. The van der Waals surface area contributed by atoms with E-state index in [2.05, 4.69) is 41.5 Å². The van der Waals surface area contributed by atoms with Crippen LogP contribution >= 0.6 is 11.8 Å². The van der Waals surface area contributed by atoms with Crippen LogP contribution in [-0.2, 0) is 24.2 Å². The molecular formula is C24H30N4O2S. The van der Waals surface area contributed by atoms with Crippen molar-refractivity contribution in [3.05, 3.63) is 65.5 Å². The molecule has 164 valence electrons. The van der Waals surface area contributed by atoms with Gasteiger partial charge in [0.1, 0.15) is 5.75 Å². The summed E-state index contributed by atoms with van der Waals surface area (Å²) in [7, 11) is 0. The zero-order valence-corrected chi connectivity index (χ0v) is 19.4. The number of hydrogen-bond acceptors (Lipinski definition) is 5. The Morgan fingerprint density at radius 2 is 1.81 bits per heavy atom. The second-order valence-electron chi connectivity index (χ2n) is 7.19. The molecule has 0 bridgehead atoms. The Bertz CT molecular complexity index is 1000. The lowest BCUT2D eigenvalue weighted by atomic mass is 10.1. The highest BCUT2D eigenvalue weighted by atomic mass is 32.2. The van der Waals surface area contributed by atoms with E-state index < -0.39 is 0 Å². The Kier molecular flexibility index (Phi) is 8.12. The molecule has 3 aromatic rings. The average Bonchev–Trinajstić information content (AvgIpc) is 3.21. The SMILES string of the molecule is CCc1ccc(O[C@@H](C)c2nnc(SCC(=O)Nc3ccccc3CC)n2CC)cc1. The minimum atomic E-state index is -0.250. The normalized spacial score (nSPS) is 11.9. The van der Waals surface area contributed by atoms with Gasteiger partial charge in [0, 0.05) is 12.2 Å². The zero-order valence-electron chi connectivity index (χ0n) is 18.6. The zero-order chi connectivity index (χ0) is 22.2. The molecule has 0 fully saturated rings. The predicted octanol–water partition coefficient (Wildman–Crippen LogP) is 5.29. The summed E-state index contributed by atoms with van der Waals surface area (Å²) in [4.78, 5) is 12.5. The van der Waals surface area contributed by atoms with E-state index in [1.807, 2.05) is 54.8 Å². The standard InChI is InChI=1S/C24H30N4O2S/c1-5-18-12-14-20(15-13-18)30-17(4)23-26-27-24(28(23)7-3)31-16-22(29)25-21-11-9-8-10-19(21)6-2/h8-15,17H,5-7,16H2,1-4H3,(H,25,29)/t17-/m0/s1. The van der Waals surface area contributed by atoms with Crippen molar-refractivity contribution in [3.63, 3.8) is 0 Å². The van der Waals surface area contributed by atoms with E-state index >= 15 is 0 Å². The van der Waals surface area contributed by atoms with Gasteiger partial charge < -0.3 is 14.6 Å². The Morgan fingerprint density at radius 3 is 2.48 bits per heavy atom. The number of nitrogens with zero attached hydrogens (tertiary/aromatic N) is 3. The van der Waals surface area contributed by atoms with E-state index in [1.54, 1.807) is 0 Å². The highest BCUT2D eigenvalue weighted by molar-refractivity contribution is 7.99. The number of aryl methyl sites for hydroxylation is 2. The lowest BCUT2D eigenvalue weighted by Crippen LogP contribution is -2.16. The molecule has 6 nitrogen and oxygen atoms in total. The van der Waals surface area contributed by atoms with Crippen molar-refractivity contribution < 1.29 is 9.53 Å². The summed E-state index contributed by atoms with van der Waals surface area (Å²) in [6.45, 7) is 8.91. The second-order valence-corrected chi connectivity index (χ2v) is 8.13. The monoisotopic (exact) mass is 438 g/mol. The molecule has 7 heteroatoms. The second kappa shape index (κ2) is 11.0. The molecule has 0 spiro atoms. The summed E-state index contributed by atoms with van der Waals surface area (Å²) in [5.74, 6) is 1.77. The van der Waals surface area contributed by atoms with Crippen LogP contribution in [0.5, 0.6) is 5.75 Å². The summed E-state index contributed by atoms with van der Waals surface area (Å²) in [6, 6.07) is 16.0. The van der Waals surface area contributed by atoms with E-state index in [0.717, 1.165) is 35.7 Å². The number of anilines is 1. The molecule has 0 radical (unpaired) electrons. The van der Waals surface area contributed by atoms with Crippen molar-refractivity contribution in [2.24, 2.45) is 0 Å². The van der Waals surface area contributed by atoms with Gasteiger partial charge in [0.05, 0.1) is 5.75 Å². The van der Waals surface area contributed by atoms with Gasteiger partial charge in [-0.05, 0) is 56.0 Å². The molecule has 1 heterocycles. The highest BCUT2D eigenvalue weighted by Crippen LogP contribution is 2.25. The predicted molar refractivity (Wildman–Crippen MR) is 126 cm³/mol. The number of para-hydroxylation sites is 1. The topological polar surface area (TPSA) is 69.0 Å². The molecule has 0 unspecified atom stereocenters. The summed E-state index contributed by atoms with van der Waals surface area (Å²) in [5.41, 5.74) is 3.26. The van der Waals surface area contributed by atoms with Crippen molar-refractivity contribution in [1.29, 1.82) is 0 Å². The van der Waals surface area contributed by atoms with Crippen molar-refractivity contribution in [2.45, 2.75) is 58.3 Å². The van der Waals surface area contributed by atoms with Crippen molar-refractivity contribution in [2.75, 3.05) is 11.1 Å². The maximum Gasteiger partial charge on any atom is 0.234 e. The number of nitrogens with one attached hydrogen (secondary N) is 1. The van der Waals surface area contributed by atoms with Crippen LogP contribution in [0.1, 0.15) is 50.8 Å². The largest absolute Gasteiger partial charge is 0.483 e. The van der Waals surface area contributed by atoms with Crippen LogP contribution in [0.2, 0.25) is 0 Å². The number of carbonyl (C=O) groups is 1. The number of aromatic nitrogens is 3. The number of ether oxygens (including phenoxy) is 1. The first kappa shape index (κ1) is 22.9. The number of carbonyl (C=O) groups excluding carboxylic acids is 1. The minimum Gasteiger partial charge on any atom is -0.483 e. The minimum absolute atomic E-state index is 0.0570. The van der Waals surface area contributed by atoms with Gasteiger partial charge in [0.25, 0.3) is 0 Å². The van der Waals surface area contributed by atoms with Crippen LogP contribution in [0, 0.1) is 0 Å². The molecular weight excluding hydrogens is 408 g/mol. The molecule has 2 aromatic carbocycles. The summed E-state index contributed by atoms with van der Waals surface area (Å²) < 4.78 is 8.08. The van der Waals surface area contributed by atoms with Gasteiger partial charge in [0.2, 0.25) is 5.91 Å².